The normalized spacial score (nSPS) is 22.8. The molecule has 0 aliphatic heterocycles. The summed E-state index contributed by atoms with van der Waals surface area (Å²) < 4.78 is 1.52. The van der Waals surface area contributed by atoms with Gasteiger partial charge in [0.15, 0.2) is 8.68 Å². The highest BCUT2D eigenvalue weighted by molar-refractivity contribution is 8.03. The number of hydrogen-bond acceptors (Lipinski definition) is 7. The van der Waals surface area contributed by atoms with E-state index in [4.69, 9.17) is 0 Å². The van der Waals surface area contributed by atoms with Crippen molar-refractivity contribution in [1.82, 2.24) is 20.8 Å². The average Bonchev–Trinajstić information content (AvgIpc) is 3.08. The van der Waals surface area contributed by atoms with E-state index in [1.54, 1.807) is 0 Å². The molecule has 6 nitrogen and oxygen atoms in total. The van der Waals surface area contributed by atoms with Gasteiger partial charge in [-0.2, -0.15) is 0 Å². The molecular formula is C17H28N4O2S3. The zero-order valence-corrected chi connectivity index (χ0v) is 18.1. The van der Waals surface area contributed by atoms with Crippen molar-refractivity contribution in [3.8, 4) is 0 Å². The molecule has 3 atom stereocenters. The van der Waals surface area contributed by atoms with Crippen molar-refractivity contribution < 1.29 is 9.59 Å². The Morgan fingerprint density at radius 3 is 2.42 bits per heavy atom. The van der Waals surface area contributed by atoms with Crippen LogP contribution in [0.2, 0.25) is 0 Å². The number of carbonyl (C=O) groups is 2. The van der Waals surface area contributed by atoms with Gasteiger partial charge >= 0.3 is 0 Å². The van der Waals surface area contributed by atoms with E-state index < -0.39 is 0 Å². The average molecular weight is 417 g/mol. The van der Waals surface area contributed by atoms with Crippen LogP contribution < -0.4 is 10.6 Å². The molecule has 2 rings (SSSR count). The topological polar surface area (TPSA) is 84.0 Å². The molecule has 0 aromatic carbocycles. The van der Waals surface area contributed by atoms with Crippen LogP contribution in [0.5, 0.6) is 0 Å². The predicted octanol–water partition coefficient (Wildman–Crippen LogP) is 3.19. The standard InChI is InChI=1S/C17H28N4O2S3/c1-4-8-18-14(22)9-24-16-20-21-17(26-16)25-10-15(23)19-13-7-5-6-11(2)12(13)3/h11-13H,4-10H2,1-3H3,(H,18,22)(H,19,23)/t11-,12-,13-/m0/s1. The maximum Gasteiger partial charge on any atom is 0.230 e. The summed E-state index contributed by atoms with van der Waals surface area (Å²) in [5.41, 5.74) is 0. The molecule has 9 heteroatoms. The molecule has 26 heavy (non-hydrogen) atoms. The van der Waals surface area contributed by atoms with Crippen molar-refractivity contribution in [3.63, 3.8) is 0 Å². The van der Waals surface area contributed by atoms with Gasteiger partial charge in [-0.3, -0.25) is 9.59 Å². The van der Waals surface area contributed by atoms with E-state index in [1.165, 1.54) is 47.7 Å². The molecule has 1 fully saturated rings. The highest BCUT2D eigenvalue weighted by atomic mass is 32.2. The van der Waals surface area contributed by atoms with Crippen molar-refractivity contribution >= 4 is 46.7 Å². The molecule has 0 bridgehead atoms. The summed E-state index contributed by atoms with van der Waals surface area (Å²) in [4.78, 5) is 23.8. The minimum atomic E-state index is 0.0106. The first-order chi connectivity index (χ1) is 12.5. The number of rotatable bonds is 9. The van der Waals surface area contributed by atoms with Crippen LogP contribution in [0.3, 0.4) is 0 Å². The van der Waals surface area contributed by atoms with Gasteiger partial charge in [0.1, 0.15) is 0 Å². The third-order valence-electron chi connectivity index (χ3n) is 4.67. The molecule has 1 saturated carbocycles. The summed E-state index contributed by atoms with van der Waals surface area (Å²) in [6.45, 7) is 7.21. The summed E-state index contributed by atoms with van der Waals surface area (Å²) in [5.74, 6) is 1.96. The minimum Gasteiger partial charge on any atom is -0.355 e. The molecule has 1 aromatic rings. The van der Waals surface area contributed by atoms with Crippen LogP contribution in [-0.2, 0) is 9.59 Å². The highest BCUT2D eigenvalue weighted by Gasteiger charge is 2.28. The lowest BCUT2D eigenvalue weighted by Gasteiger charge is -2.34. The van der Waals surface area contributed by atoms with Gasteiger partial charge < -0.3 is 10.6 Å². The summed E-state index contributed by atoms with van der Waals surface area (Å²) in [6.07, 6.45) is 4.44. The van der Waals surface area contributed by atoms with E-state index in [9.17, 15) is 9.59 Å². The molecule has 2 N–H and O–H groups in total. The lowest BCUT2D eigenvalue weighted by atomic mass is 9.78. The van der Waals surface area contributed by atoms with Crippen LogP contribution in [0.1, 0.15) is 46.5 Å². The number of carbonyl (C=O) groups excluding carboxylic acids is 2. The number of aromatic nitrogens is 2. The zero-order chi connectivity index (χ0) is 18.9. The molecule has 146 valence electrons. The van der Waals surface area contributed by atoms with Crippen molar-refractivity contribution in [1.29, 1.82) is 0 Å². The molecule has 0 radical (unpaired) electrons. The van der Waals surface area contributed by atoms with Crippen LogP contribution in [-0.4, -0.2) is 46.1 Å². The van der Waals surface area contributed by atoms with E-state index in [0.717, 1.165) is 21.5 Å². The van der Waals surface area contributed by atoms with Crippen molar-refractivity contribution in [2.75, 3.05) is 18.1 Å². The van der Waals surface area contributed by atoms with E-state index in [-0.39, 0.29) is 17.9 Å². The highest BCUT2D eigenvalue weighted by Crippen LogP contribution is 2.30. The van der Waals surface area contributed by atoms with Gasteiger partial charge in [0.25, 0.3) is 0 Å². The molecular weight excluding hydrogens is 388 g/mol. The Morgan fingerprint density at radius 2 is 1.77 bits per heavy atom. The molecule has 0 saturated heterocycles. The summed E-state index contributed by atoms with van der Waals surface area (Å²) >= 11 is 4.22. The Morgan fingerprint density at radius 1 is 1.12 bits per heavy atom. The van der Waals surface area contributed by atoms with Crippen LogP contribution in [0.15, 0.2) is 8.68 Å². The Balaban J connectivity index is 1.70. The molecule has 0 unspecified atom stereocenters. The lowest BCUT2D eigenvalue weighted by molar-refractivity contribution is -0.120. The van der Waals surface area contributed by atoms with Gasteiger partial charge in [0.2, 0.25) is 11.8 Å². The quantitative estimate of drug-likeness (QED) is 0.602. The monoisotopic (exact) mass is 416 g/mol. The van der Waals surface area contributed by atoms with E-state index >= 15 is 0 Å². The summed E-state index contributed by atoms with van der Waals surface area (Å²) in [7, 11) is 0. The van der Waals surface area contributed by atoms with Crippen LogP contribution in [0.25, 0.3) is 0 Å². The van der Waals surface area contributed by atoms with E-state index in [0.29, 0.717) is 29.9 Å². The van der Waals surface area contributed by atoms with Crippen LogP contribution >= 0.6 is 34.9 Å². The smallest absolute Gasteiger partial charge is 0.230 e. The van der Waals surface area contributed by atoms with Gasteiger partial charge in [0, 0.05) is 12.6 Å². The van der Waals surface area contributed by atoms with Crippen molar-refractivity contribution in [3.05, 3.63) is 0 Å². The third kappa shape index (κ3) is 7.08. The fraction of sp³-hybridized carbons (Fsp3) is 0.765. The molecule has 2 amide bonds. The lowest BCUT2D eigenvalue weighted by Crippen LogP contribution is -2.44. The number of thioether (sulfide) groups is 2. The number of amides is 2. The van der Waals surface area contributed by atoms with Gasteiger partial charge in [-0.15, -0.1) is 10.2 Å². The Hall–Kier alpha value is -0.800. The Kier molecular flexibility index (Phi) is 9.21. The fourth-order valence-corrected chi connectivity index (χ4v) is 5.58. The molecule has 0 spiro atoms. The van der Waals surface area contributed by atoms with Gasteiger partial charge in [-0.25, -0.2) is 0 Å². The van der Waals surface area contributed by atoms with Crippen molar-refractivity contribution in [2.45, 2.75) is 61.2 Å². The van der Waals surface area contributed by atoms with Crippen LogP contribution in [0.4, 0.5) is 0 Å². The first-order valence-corrected chi connectivity index (χ1v) is 11.9. The Bertz CT molecular complexity index is 596. The van der Waals surface area contributed by atoms with Crippen molar-refractivity contribution in [2.24, 2.45) is 11.8 Å². The first-order valence-electron chi connectivity index (χ1n) is 9.14. The first kappa shape index (κ1) is 21.5. The third-order valence-corrected chi connectivity index (χ3v) is 7.86. The molecule has 1 aliphatic rings. The van der Waals surface area contributed by atoms with Gasteiger partial charge in [0.05, 0.1) is 11.5 Å². The second kappa shape index (κ2) is 11.1. The second-order valence-corrected chi connectivity index (χ2v) is 10.1. The molecule has 1 heterocycles. The fourth-order valence-electron chi connectivity index (χ4n) is 2.92. The molecule has 1 aliphatic carbocycles. The summed E-state index contributed by atoms with van der Waals surface area (Å²) in [6, 6.07) is 0.286. The predicted molar refractivity (Wildman–Crippen MR) is 109 cm³/mol. The summed E-state index contributed by atoms with van der Waals surface area (Å²) in [5, 5.41) is 14.2. The van der Waals surface area contributed by atoms with Crippen LogP contribution in [0, 0.1) is 11.8 Å². The number of hydrogen-bond donors (Lipinski definition) is 2. The van der Waals surface area contributed by atoms with Gasteiger partial charge in [-0.05, 0) is 24.7 Å². The number of nitrogens with one attached hydrogen (secondary N) is 2. The SMILES string of the molecule is CCCNC(=O)CSc1nnc(SCC(=O)N[C@H]2CCC[C@H](C)[C@@H]2C)s1. The second-order valence-electron chi connectivity index (χ2n) is 6.70. The number of nitrogens with zero attached hydrogens (tertiary/aromatic N) is 2. The minimum absolute atomic E-state index is 0.0106. The maximum atomic E-state index is 12.2. The van der Waals surface area contributed by atoms with E-state index in [2.05, 4.69) is 34.7 Å². The Labute approximate surface area is 168 Å². The van der Waals surface area contributed by atoms with E-state index in [1.807, 2.05) is 6.92 Å². The molecule has 1 aromatic heterocycles. The zero-order valence-electron chi connectivity index (χ0n) is 15.6. The maximum absolute atomic E-state index is 12.2. The van der Waals surface area contributed by atoms with Gasteiger partial charge in [-0.1, -0.05) is 68.5 Å². The largest absolute Gasteiger partial charge is 0.355 e.